The van der Waals surface area contributed by atoms with Gasteiger partial charge in [-0.1, -0.05) is 30.7 Å². The monoisotopic (exact) mass is 345 g/mol. The van der Waals surface area contributed by atoms with Crippen LogP contribution in [0, 0.1) is 0 Å². The number of halogens is 1. The van der Waals surface area contributed by atoms with Gasteiger partial charge in [0, 0.05) is 18.5 Å². The summed E-state index contributed by atoms with van der Waals surface area (Å²) in [5.74, 6) is 1.45. The molecule has 0 aliphatic heterocycles. The SMILES string of the molecule is CCc1nc(N[C@@H](CO)Cc2ccc(Cl)cc2)c2cnn(C)c2n1. The van der Waals surface area contributed by atoms with Crippen LogP contribution >= 0.6 is 11.6 Å². The first kappa shape index (κ1) is 16.7. The van der Waals surface area contributed by atoms with E-state index in [4.69, 9.17) is 11.6 Å². The molecule has 0 fully saturated rings. The summed E-state index contributed by atoms with van der Waals surface area (Å²) in [6, 6.07) is 7.47. The highest BCUT2D eigenvalue weighted by Gasteiger charge is 2.15. The molecule has 0 aliphatic carbocycles. The number of hydrogen-bond acceptors (Lipinski definition) is 5. The van der Waals surface area contributed by atoms with E-state index in [2.05, 4.69) is 20.4 Å². The third-order valence-electron chi connectivity index (χ3n) is 3.91. The Hall–Kier alpha value is -2.18. The lowest BCUT2D eigenvalue weighted by Gasteiger charge is -2.18. The molecule has 0 unspecified atom stereocenters. The van der Waals surface area contributed by atoms with Gasteiger partial charge in [-0.2, -0.15) is 5.10 Å². The van der Waals surface area contributed by atoms with Crippen molar-refractivity contribution in [2.45, 2.75) is 25.8 Å². The molecule has 3 aromatic rings. The molecule has 0 radical (unpaired) electrons. The lowest BCUT2D eigenvalue weighted by Crippen LogP contribution is -2.27. The van der Waals surface area contributed by atoms with Gasteiger partial charge >= 0.3 is 0 Å². The zero-order valence-corrected chi connectivity index (χ0v) is 14.5. The number of nitrogens with zero attached hydrogens (tertiary/aromatic N) is 4. The number of aromatic nitrogens is 4. The first-order valence-electron chi connectivity index (χ1n) is 7.91. The second-order valence-corrected chi connectivity index (χ2v) is 6.14. The van der Waals surface area contributed by atoms with E-state index in [1.54, 1.807) is 10.9 Å². The lowest BCUT2D eigenvalue weighted by atomic mass is 10.1. The molecule has 6 nitrogen and oxygen atoms in total. The molecule has 0 saturated heterocycles. The summed E-state index contributed by atoms with van der Waals surface area (Å²) >= 11 is 5.92. The molecule has 0 bridgehead atoms. The fourth-order valence-electron chi connectivity index (χ4n) is 2.59. The van der Waals surface area contributed by atoms with Crippen molar-refractivity contribution in [1.29, 1.82) is 0 Å². The highest BCUT2D eigenvalue weighted by Crippen LogP contribution is 2.21. The van der Waals surface area contributed by atoms with Crippen LogP contribution in [-0.4, -0.2) is 37.5 Å². The van der Waals surface area contributed by atoms with Crippen LogP contribution in [0.1, 0.15) is 18.3 Å². The molecule has 2 N–H and O–H groups in total. The number of rotatable bonds is 6. The van der Waals surface area contributed by atoms with E-state index >= 15 is 0 Å². The molecule has 2 heterocycles. The van der Waals surface area contributed by atoms with Gasteiger partial charge in [0.2, 0.25) is 0 Å². The number of fused-ring (bicyclic) bond motifs is 1. The molecule has 0 amide bonds. The fourth-order valence-corrected chi connectivity index (χ4v) is 2.72. The Labute approximate surface area is 145 Å². The van der Waals surface area contributed by atoms with E-state index in [-0.39, 0.29) is 12.6 Å². The summed E-state index contributed by atoms with van der Waals surface area (Å²) in [6.45, 7) is 2.01. The Morgan fingerprint density at radius 3 is 2.67 bits per heavy atom. The fraction of sp³-hybridized carbons (Fsp3) is 0.353. The van der Waals surface area contributed by atoms with Crippen LogP contribution in [0.15, 0.2) is 30.5 Å². The van der Waals surface area contributed by atoms with Crippen LogP contribution in [0.2, 0.25) is 5.02 Å². The minimum atomic E-state index is -0.158. The molecule has 1 aromatic carbocycles. The van der Waals surface area contributed by atoms with Crippen molar-refractivity contribution >= 4 is 28.5 Å². The van der Waals surface area contributed by atoms with Crippen molar-refractivity contribution < 1.29 is 5.11 Å². The van der Waals surface area contributed by atoms with E-state index in [1.807, 2.05) is 38.2 Å². The number of aliphatic hydroxyl groups is 1. The minimum Gasteiger partial charge on any atom is -0.394 e. The zero-order valence-electron chi connectivity index (χ0n) is 13.7. The van der Waals surface area contributed by atoms with E-state index in [0.29, 0.717) is 17.3 Å². The van der Waals surface area contributed by atoms with Gasteiger partial charge < -0.3 is 10.4 Å². The van der Waals surface area contributed by atoms with Gasteiger partial charge in [-0.3, -0.25) is 4.68 Å². The molecule has 0 spiro atoms. The quantitative estimate of drug-likeness (QED) is 0.718. The molecule has 0 aliphatic rings. The summed E-state index contributed by atoms with van der Waals surface area (Å²) in [7, 11) is 1.86. The summed E-state index contributed by atoms with van der Waals surface area (Å²) in [5, 5.41) is 18.9. The van der Waals surface area contributed by atoms with Crippen LogP contribution in [0.4, 0.5) is 5.82 Å². The Morgan fingerprint density at radius 1 is 1.25 bits per heavy atom. The van der Waals surface area contributed by atoms with Gasteiger partial charge in [0.25, 0.3) is 0 Å². The maximum absolute atomic E-state index is 9.75. The second kappa shape index (κ2) is 7.15. The lowest BCUT2D eigenvalue weighted by molar-refractivity contribution is 0.273. The highest BCUT2D eigenvalue weighted by atomic mass is 35.5. The summed E-state index contributed by atoms with van der Waals surface area (Å²) in [4.78, 5) is 9.08. The molecule has 7 heteroatoms. The average Bonchev–Trinajstić information content (AvgIpc) is 2.97. The van der Waals surface area contributed by atoms with Crippen molar-refractivity contribution in [3.8, 4) is 0 Å². The summed E-state index contributed by atoms with van der Waals surface area (Å²) in [6.07, 6.45) is 3.14. The Kier molecular flexibility index (Phi) is 4.97. The predicted molar refractivity (Wildman–Crippen MR) is 95.3 cm³/mol. The summed E-state index contributed by atoms with van der Waals surface area (Å²) < 4.78 is 1.73. The summed E-state index contributed by atoms with van der Waals surface area (Å²) in [5.41, 5.74) is 1.88. The first-order chi connectivity index (χ1) is 11.6. The Balaban J connectivity index is 1.87. The van der Waals surface area contributed by atoms with Crippen molar-refractivity contribution in [1.82, 2.24) is 19.7 Å². The number of nitrogens with one attached hydrogen (secondary N) is 1. The molecule has 2 aromatic heterocycles. The number of aryl methyl sites for hydroxylation is 2. The van der Waals surface area contributed by atoms with Gasteiger partial charge in [-0.25, -0.2) is 9.97 Å². The van der Waals surface area contributed by atoms with Gasteiger partial charge in [-0.05, 0) is 24.1 Å². The number of anilines is 1. The maximum Gasteiger partial charge on any atom is 0.163 e. The molecule has 1 atom stereocenters. The van der Waals surface area contributed by atoms with Crippen LogP contribution in [-0.2, 0) is 19.9 Å². The molecule has 0 saturated carbocycles. The minimum absolute atomic E-state index is 0.00412. The topological polar surface area (TPSA) is 75.9 Å². The van der Waals surface area contributed by atoms with Crippen molar-refractivity contribution in [2.75, 3.05) is 11.9 Å². The van der Waals surface area contributed by atoms with Gasteiger partial charge in [-0.15, -0.1) is 0 Å². The third kappa shape index (κ3) is 3.49. The second-order valence-electron chi connectivity index (χ2n) is 5.70. The number of aliphatic hydroxyl groups excluding tert-OH is 1. The van der Waals surface area contributed by atoms with E-state index in [1.165, 1.54) is 0 Å². The third-order valence-corrected chi connectivity index (χ3v) is 4.16. The van der Waals surface area contributed by atoms with Gasteiger partial charge in [0.05, 0.1) is 24.2 Å². The maximum atomic E-state index is 9.75. The molecular formula is C17H20ClN5O. The van der Waals surface area contributed by atoms with Crippen LogP contribution in [0.5, 0.6) is 0 Å². The highest BCUT2D eigenvalue weighted by molar-refractivity contribution is 6.30. The molecular weight excluding hydrogens is 326 g/mol. The number of benzene rings is 1. The van der Waals surface area contributed by atoms with Crippen molar-refractivity contribution in [3.05, 3.63) is 46.9 Å². The van der Waals surface area contributed by atoms with Crippen LogP contribution < -0.4 is 5.32 Å². The molecule has 24 heavy (non-hydrogen) atoms. The van der Waals surface area contributed by atoms with E-state index in [0.717, 1.165) is 28.8 Å². The standard InChI is InChI=1S/C17H20ClN5O/c1-3-15-21-16(14-9-19-23(2)17(14)22-15)20-13(10-24)8-11-4-6-12(18)7-5-11/h4-7,9,13,24H,3,8,10H2,1-2H3,(H,20,21,22)/t13-/m1/s1. The predicted octanol–water partition coefficient (Wildman–Crippen LogP) is 2.59. The van der Waals surface area contributed by atoms with Crippen molar-refractivity contribution in [3.63, 3.8) is 0 Å². The average molecular weight is 346 g/mol. The first-order valence-corrected chi connectivity index (χ1v) is 8.29. The van der Waals surface area contributed by atoms with Gasteiger partial charge in [0.1, 0.15) is 11.6 Å². The van der Waals surface area contributed by atoms with E-state index in [9.17, 15) is 5.11 Å². The van der Waals surface area contributed by atoms with E-state index < -0.39 is 0 Å². The number of hydrogen-bond donors (Lipinski definition) is 2. The molecule has 126 valence electrons. The van der Waals surface area contributed by atoms with Crippen molar-refractivity contribution in [2.24, 2.45) is 7.05 Å². The Bertz CT molecular complexity index is 831. The zero-order chi connectivity index (χ0) is 17.1. The van der Waals surface area contributed by atoms with Crippen LogP contribution in [0.3, 0.4) is 0 Å². The van der Waals surface area contributed by atoms with Crippen LogP contribution in [0.25, 0.3) is 11.0 Å². The Morgan fingerprint density at radius 2 is 2.00 bits per heavy atom. The van der Waals surface area contributed by atoms with Gasteiger partial charge in [0.15, 0.2) is 5.65 Å². The largest absolute Gasteiger partial charge is 0.394 e. The molecule has 3 rings (SSSR count). The smallest absolute Gasteiger partial charge is 0.163 e. The normalized spacial score (nSPS) is 12.5.